The number of piperidine rings is 1. The van der Waals surface area contributed by atoms with Crippen molar-refractivity contribution < 1.29 is 23.6 Å². The van der Waals surface area contributed by atoms with Gasteiger partial charge in [0.25, 0.3) is 0 Å². The number of unbranched alkanes of at least 4 members (excludes halogenated alkanes) is 1. The average molecular weight is 631 g/mol. The maximum atomic E-state index is 14.1. The molecule has 1 fully saturated rings. The average Bonchev–Trinajstić information content (AvgIpc) is 3.67. The molecule has 5 N–H and O–H groups in total. The molecule has 2 aromatic heterocycles. The molecular weight excluding hydrogens is 584 g/mol. The third kappa shape index (κ3) is 7.70. The molecule has 5 rings (SSSR count). The van der Waals surface area contributed by atoms with Crippen molar-refractivity contribution in [3.63, 3.8) is 0 Å². The summed E-state index contributed by atoms with van der Waals surface area (Å²) in [6.07, 6.45) is 5.06. The molecule has 0 saturated carbocycles. The van der Waals surface area contributed by atoms with Crippen LogP contribution in [0.4, 0.5) is 4.79 Å². The molecule has 11 nitrogen and oxygen atoms in total. The van der Waals surface area contributed by atoms with Gasteiger partial charge in [-0.25, -0.2) is 9.59 Å². The summed E-state index contributed by atoms with van der Waals surface area (Å²) >= 11 is 0. The fourth-order valence-corrected chi connectivity index (χ4v) is 6.22. The van der Waals surface area contributed by atoms with Gasteiger partial charge in [0, 0.05) is 47.4 Å². The highest BCUT2D eigenvalue weighted by molar-refractivity contribution is 5.92. The molecule has 11 heteroatoms. The normalized spacial score (nSPS) is 16.2. The Bertz CT molecular complexity index is 1650. The van der Waals surface area contributed by atoms with E-state index in [-0.39, 0.29) is 11.9 Å². The lowest BCUT2D eigenvalue weighted by atomic mass is 9.91. The van der Waals surface area contributed by atoms with Gasteiger partial charge in [-0.3, -0.25) is 4.79 Å². The smallest absolute Gasteiger partial charge is 0.329 e. The summed E-state index contributed by atoms with van der Waals surface area (Å²) in [6, 6.07) is 13.5. The molecule has 1 aliphatic heterocycles. The van der Waals surface area contributed by atoms with Crippen molar-refractivity contribution in [2.24, 2.45) is 5.73 Å². The Labute approximate surface area is 269 Å². The zero-order chi connectivity index (χ0) is 32.8. The zero-order valence-electron chi connectivity index (χ0n) is 27.2. The van der Waals surface area contributed by atoms with Gasteiger partial charge in [0.05, 0.1) is 5.69 Å². The zero-order valence-corrected chi connectivity index (χ0v) is 27.2. The second kappa shape index (κ2) is 14.4. The lowest BCUT2D eigenvalue weighted by Gasteiger charge is -2.34. The van der Waals surface area contributed by atoms with Crippen molar-refractivity contribution in [2.45, 2.75) is 89.3 Å². The number of likely N-dealkylation sites (tertiary alicyclic amines) is 1. The Hall–Kier alpha value is -4.38. The summed E-state index contributed by atoms with van der Waals surface area (Å²) in [5, 5.41) is 12.3. The van der Waals surface area contributed by atoms with Gasteiger partial charge < -0.3 is 35.5 Å². The molecule has 0 spiro atoms. The number of nitrogens with zero attached hydrogens (tertiary/aromatic N) is 2. The second-order valence-electron chi connectivity index (χ2n) is 13.2. The number of nitrogens with two attached hydrogens (primary N) is 1. The Balaban J connectivity index is 1.33. The lowest BCUT2D eigenvalue weighted by Crippen LogP contribution is -2.57. The van der Waals surface area contributed by atoms with Gasteiger partial charge in [-0.15, -0.1) is 0 Å². The van der Waals surface area contributed by atoms with E-state index >= 15 is 0 Å². The number of H-pyrrole nitrogens is 1. The Kier molecular flexibility index (Phi) is 10.3. The second-order valence-corrected chi connectivity index (χ2v) is 13.2. The predicted molar refractivity (Wildman–Crippen MR) is 177 cm³/mol. The number of esters is 1. The number of aromatic nitrogens is 2. The maximum absolute atomic E-state index is 14.1. The quantitative estimate of drug-likeness (QED) is 0.129. The van der Waals surface area contributed by atoms with E-state index in [1.165, 1.54) is 0 Å². The number of carbonyl (C=O) groups excluding carboxylic acids is 3. The van der Waals surface area contributed by atoms with E-state index < -0.39 is 35.5 Å². The number of amides is 3. The first kappa shape index (κ1) is 33.0. The fraction of sp³-hybridized carbons (Fsp3) is 0.486. The minimum atomic E-state index is -0.955. The molecule has 46 heavy (non-hydrogen) atoms. The van der Waals surface area contributed by atoms with E-state index in [2.05, 4.69) is 20.8 Å². The number of benzene rings is 2. The lowest BCUT2D eigenvalue weighted by molar-refractivity contribution is -0.159. The van der Waals surface area contributed by atoms with Crippen LogP contribution >= 0.6 is 0 Å². The number of carbonyl (C=O) groups is 3. The summed E-state index contributed by atoms with van der Waals surface area (Å²) in [5.41, 5.74) is 8.49. The predicted octanol–water partition coefficient (Wildman–Crippen LogP) is 5.33. The molecule has 4 aromatic rings. The van der Waals surface area contributed by atoms with Crippen LogP contribution in [0.15, 0.2) is 59.3 Å². The Morgan fingerprint density at radius 1 is 1.04 bits per heavy atom. The summed E-state index contributed by atoms with van der Waals surface area (Å²) < 4.78 is 11.2. The van der Waals surface area contributed by atoms with Crippen molar-refractivity contribution in [1.29, 1.82) is 0 Å². The van der Waals surface area contributed by atoms with E-state index in [0.29, 0.717) is 38.9 Å². The molecule has 246 valence electrons. The molecule has 1 saturated heterocycles. The van der Waals surface area contributed by atoms with Crippen LogP contribution < -0.4 is 16.4 Å². The minimum Gasteiger partial charge on any atom is -0.458 e. The minimum absolute atomic E-state index is 0.167. The molecule has 1 aliphatic rings. The number of para-hydroxylation sites is 2. The van der Waals surface area contributed by atoms with Crippen LogP contribution in [-0.2, 0) is 14.3 Å². The van der Waals surface area contributed by atoms with Gasteiger partial charge in [0.2, 0.25) is 5.91 Å². The van der Waals surface area contributed by atoms with Crippen molar-refractivity contribution in [2.75, 3.05) is 19.6 Å². The highest BCUT2D eigenvalue weighted by Gasteiger charge is 2.36. The van der Waals surface area contributed by atoms with Gasteiger partial charge >= 0.3 is 12.0 Å². The molecule has 3 atom stereocenters. The molecule has 2 unspecified atom stereocenters. The number of rotatable bonds is 11. The largest absolute Gasteiger partial charge is 0.458 e. The summed E-state index contributed by atoms with van der Waals surface area (Å²) in [7, 11) is 0. The fourth-order valence-electron chi connectivity index (χ4n) is 6.22. The van der Waals surface area contributed by atoms with E-state index in [0.717, 1.165) is 46.0 Å². The number of aromatic amines is 1. The molecule has 2 aromatic carbocycles. The van der Waals surface area contributed by atoms with E-state index in [9.17, 15) is 14.4 Å². The van der Waals surface area contributed by atoms with Crippen molar-refractivity contribution in [3.8, 4) is 0 Å². The van der Waals surface area contributed by atoms with Crippen LogP contribution in [0, 0.1) is 0 Å². The number of ether oxygens (including phenoxy) is 1. The van der Waals surface area contributed by atoms with Crippen LogP contribution in [0.2, 0.25) is 0 Å². The van der Waals surface area contributed by atoms with Crippen LogP contribution in [0.3, 0.4) is 0 Å². The summed E-state index contributed by atoms with van der Waals surface area (Å²) in [6.45, 7) is 8.79. The number of nitrogens with one attached hydrogen (secondary N) is 3. The summed E-state index contributed by atoms with van der Waals surface area (Å²) in [4.78, 5) is 46.0. The maximum Gasteiger partial charge on any atom is 0.329 e. The number of hydrogen-bond acceptors (Lipinski definition) is 7. The third-order valence-corrected chi connectivity index (χ3v) is 8.70. The molecule has 0 aliphatic carbocycles. The highest BCUT2D eigenvalue weighted by atomic mass is 16.6. The standard InChI is InChI=1S/C35H46N6O5/c1-22(26-21-37-27-13-7-5-11-24(26)27)30(32(42)38-28(14-9-10-18-36)33(43)45-35(2,3)4)39-34(44)41-19-16-23(17-20-41)31-25-12-6-8-15-29(25)46-40-31/h5-8,11-13,15,21-23,28,30,37H,9-10,14,16-20,36H2,1-4H3,(H,38,42)(H,39,44)/t22-,28?,30?/m0/s1. The van der Waals surface area contributed by atoms with Crippen molar-refractivity contribution in [1.82, 2.24) is 25.7 Å². The van der Waals surface area contributed by atoms with Gasteiger partial charge in [0.15, 0.2) is 5.58 Å². The number of fused-ring (bicyclic) bond motifs is 2. The molecule has 3 heterocycles. The molecular formula is C35H46N6O5. The van der Waals surface area contributed by atoms with Gasteiger partial charge in [-0.2, -0.15) is 0 Å². The van der Waals surface area contributed by atoms with Gasteiger partial charge in [-0.1, -0.05) is 42.4 Å². The molecule has 0 bridgehead atoms. The number of hydrogen-bond donors (Lipinski definition) is 4. The first-order chi connectivity index (χ1) is 22.1. The van der Waals surface area contributed by atoms with Crippen LogP contribution in [0.1, 0.15) is 82.9 Å². The molecule has 3 amide bonds. The van der Waals surface area contributed by atoms with E-state index in [1.807, 2.05) is 61.7 Å². The Morgan fingerprint density at radius 3 is 2.46 bits per heavy atom. The van der Waals surface area contributed by atoms with E-state index in [4.69, 9.17) is 15.0 Å². The topological polar surface area (TPSA) is 156 Å². The third-order valence-electron chi connectivity index (χ3n) is 8.70. The van der Waals surface area contributed by atoms with Gasteiger partial charge in [0.1, 0.15) is 17.7 Å². The van der Waals surface area contributed by atoms with Crippen molar-refractivity contribution in [3.05, 3.63) is 66.0 Å². The Morgan fingerprint density at radius 2 is 1.74 bits per heavy atom. The first-order valence-corrected chi connectivity index (χ1v) is 16.2. The van der Waals surface area contributed by atoms with Crippen molar-refractivity contribution >= 4 is 39.8 Å². The first-order valence-electron chi connectivity index (χ1n) is 16.2. The molecule has 0 radical (unpaired) electrons. The van der Waals surface area contributed by atoms with E-state index in [1.54, 1.807) is 25.7 Å². The van der Waals surface area contributed by atoms with Crippen LogP contribution in [-0.4, -0.2) is 70.3 Å². The van der Waals surface area contributed by atoms with Crippen LogP contribution in [0.25, 0.3) is 21.9 Å². The monoisotopic (exact) mass is 630 g/mol. The highest BCUT2D eigenvalue weighted by Crippen LogP contribution is 2.33. The summed E-state index contributed by atoms with van der Waals surface area (Å²) in [5.74, 6) is -1.20. The number of urea groups is 1. The SMILES string of the molecule is C[C@@H](c1c[nH]c2ccccc12)C(NC(=O)N1CCC(c2noc3ccccc23)CC1)C(=O)NC(CCCCN)C(=O)OC(C)(C)C. The van der Waals surface area contributed by atoms with Crippen LogP contribution in [0.5, 0.6) is 0 Å². The van der Waals surface area contributed by atoms with Gasteiger partial charge in [-0.05, 0) is 83.2 Å².